The minimum Gasteiger partial charge on any atom is -0.351 e. The van der Waals surface area contributed by atoms with Gasteiger partial charge in [0.15, 0.2) is 0 Å². The van der Waals surface area contributed by atoms with Crippen LogP contribution in [0.1, 0.15) is 40.0 Å². The molecule has 3 rings (SSSR count). The molecule has 0 radical (unpaired) electrons. The van der Waals surface area contributed by atoms with Gasteiger partial charge in [-0.05, 0) is 45.6 Å². The molecular formula is C22H29NO3. The monoisotopic (exact) mass is 355 g/mol. The first kappa shape index (κ1) is 18.9. The lowest BCUT2D eigenvalue weighted by Crippen LogP contribution is -2.48. The van der Waals surface area contributed by atoms with Crippen LogP contribution in [-0.4, -0.2) is 34.0 Å². The van der Waals surface area contributed by atoms with Crippen LogP contribution in [0.3, 0.4) is 0 Å². The van der Waals surface area contributed by atoms with Crippen molar-refractivity contribution < 1.29 is 14.6 Å². The van der Waals surface area contributed by atoms with Crippen LogP contribution in [0.2, 0.25) is 0 Å². The summed E-state index contributed by atoms with van der Waals surface area (Å²) >= 11 is 0. The van der Waals surface area contributed by atoms with Gasteiger partial charge >= 0.3 is 0 Å². The molecule has 4 atom stereocenters. The molecule has 26 heavy (non-hydrogen) atoms. The SMILES string of the molecule is C=C1CC([C@H]2C=CC([C@H]3C=CC=CC3)=CC2)N([C@H](O)OC(C)(C)C)C1=O. The van der Waals surface area contributed by atoms with Crippen molar-refractivity contribution in [2.24, 2.45) is 11.8 Å². The van der Waals surface area contributed by atoms with E-state index < -0.39 is 12.0 Å². The van der Waals surface area contributed by atoms with E-state index in [1.807, 2.05) is 20.8 Å². The van der Waals surface area contributed by atoms with Crippen molar-refractivity contribution in [1.29, 1.82) is 0 Å². The zero-order valence-electron chi connectivity index (χ0n) is 15.9. The molecule has 1 aliphatic heterocycles. The highest BCUT2D eigenvalue weighted by Crippen LogP contribution is 2.36. The Morgan fingerprint density at radius 3 is 2.62 bits per heavy atom. The van der Waals surface area contributed by atoms with Gasteiger partial charge in [-0.1, -0.05) is 49.1 Å². The third-order valence-electron chi connectivity index (χ3n) is 5.11. The second kappa shape index (κ2) is 7.37. The molecule has 1 amide bonds. The maximum atomic E-state index is 12.5. The Hall–Kier alpha value is -1.91. The summed E-state index contributed by atoms with van der Waals surface area (Å²) in [6, 6.07) is -0.122. The molecule has 4 nitrogen and oxygen atoms in total. The third-order valence-corrected chi connectivity index (χ3v) is 5.11. The Morgan fingerprint density at radius 1 is 1.27 bits per heavy atom. The summed E-state index contributed by atoms with van der Waals surface area (Å²) in [6.45, 7) is 9.47. The number of hydrogen-bond acceptors (Lipinski definition) is 3. The Balaban J connectivity index is 1.71. The molecule has 1 N–H and O–H groups in total. The minimum absolute atomic E-state index is 0.122. The lowest BCUT2D eigenvalue weighted by Gasteiger charge is -2.36. The van der Waals surface area contributed by atoms with Crippen molar-refractivity contribution in [2.75, 3.05) is 0 Å². The minimum atomic E-state index is -1.25. The molecule has 0 spiro atoms. The topological polar surface area (TPSA) is 49.8 Å². The normalized spacial score (nSPS) is 30.1. The summed E-state index contributed by atoms with van der Waals surface area (Å²) in [6.07, 6.45) is 16.4. The van der Waals surface area contributed by atoms with E-state index in [1.54, 1.807) is 0 Å². The Labute approximate surface area is 156 Å². The van der Waals surface area contributed by atoms with Crippen LogP contribution < -0.4 is 0 Å². The first-order valence-corrected chi connectivity index (χ1v) is 9.34. The zero-order valence-corrected chi connectivity index (χ0v) is 15.9. The third kappa shape index (κ3) is 4.08. The average Bonchev–Trinajstić information content (AvgIpc) is 2.90. The predicted octanol–water partition coefficient (Wildman–Crippen LogP) is 3.87. The highest BCUT2D eigenvalue weighted by atomic mass is 16.6. The number of nitrogens with zero attached hydrogens (tertiary/aromatic N) is 1. The Bertz CT molecular complexity index is 693. The summed E-state index contributed by atoms with van der Waals surface area (Å²) in [5, 5.41) is 10.5. The van der Waals surface area contributed by atoms with Crippen LogP contribution in [0, 0.1) is 11.8 Å². The molecule has 1 fully saturated rings. The van der Waals surface area contributed by atoms with Crippen LogP contribution in [-0.2, 0) is 9.53 Å². The number of aliphatic hydroxyl groups is 1. The van der Waals surface area contributed by atoms with E-state index in [-0.39, 0.29) is 17.9 Å². The maximum absolute atomic E-state index is 12.5. The molecule has 0 aromatic rings. The van der Waals surface area contributed by atoms with Crippen LogP contribution in [0.25, 0.3) is 0 Å². The fourth-order valence-electron chi connectivity index (χ4n) is 3.81. The van der Waals surface area contributed by atoms with Crippen LogP contribution in [0.15, 0.2) is 60.3 Å². The largest absolute Gasteiger partial charge is 0.351 e. The quantitative estimate of drug-likeness (QED) is 0.615. The maximum Gasteiger partial charge on any atom is 0.253 e. The van der Waals surface area contributed by atoms with Crippen molar-refractivity contribution in [1.82, 2.24) is 4.90 Å². The van der Waals surface area contributed by atoms with Gasteiger partial charge in [0.25, 0.3) is 5.91 Å². The van der Waals surface area contributed by atoms with Crippen molar-refractivity contribution in [3.63, 3.8) is 0 Å². The molecule has 4 heteroatoms. The molecular weight excluding hydrogens is 326 g/mol. The molecule has 140 valence electrons. The van der Waals surface area contributed by atoms with E-state index in [4.69, 9.17) is 4.74 Å². The Morgan fingerprint density at radius 2 is 2.04 bits per heavy atom. The van der Waals surface area contributed by atoms with Crippen LogP contribution >= 0.6 is 0 Å². The van der Waals surface area contributed by atoms with E-state index in [0.717, 1.165) is 12.8 Å². The fraction of sp³-hybridized carbons (Fsp3) is 0.500. The van der Waals surface area contributed by atoms with Gasteiger partial charge in [0, 0.05) is 23.5 Å². The number of likely N-dealkylation sites (tertiary alicyclic amines) is 1. The molecule has 3 aliphatic rings. The molecule has 1 saturated heterocycles. The Kier molecular flexibility index (Phi) is 5.35. The first-order chi connectivity index (χ1) is 12.3. The molecule has 0 bridgehead atoms. The smallest absolute Gasteiger partial charge is 0.253 e. The van der Waals surface area contributed by atoms with Gasteiger partial charge in [0.2, 0.25) is 6.41 Å². The van der Waals surface area contributed by atoms with Gasteiger partial charge in [-0.15, -0.1) is 0 Å². The van der Waals surface area contributed by atoms with Crippen LogP contribution in [0.5, 0.6) is 0 Å². The molecule has 0 aromatic carbocycles. The lowest BCUT2D eigenvalue weighted by atomic mass is 9.83. The van der Waals surface area contributed by atoms with E-state index in [2.05, 4.69) is 49.1 Å². The standard InChI is InChI=1S/C22H29NO3/c1-15-14-19(23(20(15)24)21(25)26-22(2,3)4)18-12-10-17(11-13-18)16-8-6-5-7-9-16/h5-8,10-12,16,18-19,21,25H,1,9,13-14H2,2-4H3/t16-,18-,19?,21+/m0/s1. The number of carbonyl (C=O) groups is 1. The number of rotatable bonds is 4. The zero-order chi connectivity index (χ0) is 18.9. The summed E-state index contributed by atoms with van der Waals surface area (Å²) in [5.41, 5.74) is 1.32. The molecule has 0 saturated carbocycles. The number of hydrogen-bond donors (Lipinski definition) is 1. The van der Waals surface area contributed by atoms with E-state index in [1.165, 1.54) is 10.5 Å². The second-order valence-corrected chi connectivity index (χ2v) is 8.26. The molecule has 1 heterocycles. The first-order valence-electron chi connectivity index (χ1n) is 9.34. The second-order valence-electron chi connectivity index (χ2n) is 8.26. The van der Waals surface area contributed by atoms with Crippen LogP contribution in [0.4, 0.5) is 0 Å². The summed E-state index contributed by atoms with van der Waals surface area (Å²) in [5.74, 6) is 0.377. The van der Waals surface area contributed by atoms with Gasteiger partial charge in [0.1, 0.15) is 0 Å². The number of amides is 1. The highest BCUT2D eigenvalue weighted by Gasteiger charge is 2.43. The summed E-state index contributed by atoms with van der Waals surface area (Å²) in [4.78, 5) is 14.0. The number of carbonyl (C=O) groups excluding carboxylic acids is 1. The molecule has 2 aliphatic carbocycles. The van der Waals surface area contributed by atoms with Crippen molar-refractivity contribution in [2.45, 2.75) is 58.1 Å². The number of aliphatic hydroxyl groups excluding tert-OH is 1. The van der Waals surface area contributed by atoms with Gasteiger partial charge < -0.3 is 9.84 Å². The van der Waals surface area contributed by atoms with Gasteiger partial charge in [-0.2, -0.15) is 0 Å². The summed E-state index contributed by atoms with van der Waals surface area (Å²) in [7, 11) is 0. The van der Waals surface area contributed by atoms with Gasteiger partial charge in [-0.25, -0.2) is 0 Å². The van der Waals surface area contributed by atoms with E-state index in [9.17, 15) is 9.90 Å². The summed E-state index contributed by atoms with van der Waals surface area (Å²) < 4.78 is 5.64. The lowest BCUT2D eigenvalue weighted by molar-refractivity contribution is -0.240. The fourth-order valence-corrected chi connectivity index (χ4v) is 3.81. The van der Waals surface area contributed by atoms with Crippen molar-refractivity contribution >= 4 is 5.91 Å². The van der Waals surface area contributed by atoms with Crippen molar-refractivity contribution in [3.8, 4) is 0 Å². The highest BCUT2D eigenvalue weighted by molar-refractivity contribution is 5.95. The predicted molar refractivity (Wildman–Crippen MR) is 103 cm³/mol. The average molecular weight is 355 g/mol. The van der Waals surface area contributed by atoms with E-state index in [0.29, 0.717) is 17.9 Å². The number of ether oxygens (including phenoxy) is 1. The van der Waals surface area contributed by atoms with Gasteiger partial charge in [-0.3, -0.25) is 9.69 Å². The van der Waals surface area contributed by atoms with E-state index >= 15 is 0 Å². The number of allylic oxidation sites excluding steroid dienone is 7. The molecule has 0 aromatic heterocycles. The molecule has 1 unspecified atom stereocenters. The van der Waals surface area contributed by atoms with Crippen molar-refractivity contribution in [3.05, 3.63) is 60.3 Å². The van der Waals surface area contributed by atoms with Gasteiger partial charge in [0.05, 0.1) is 5.60 Å².